The van der Waals surface area contributed by atoms with Crippen molar-refractivity contribution in [3.63, 3.8) is 0 Å². The lowest BCUT2D eigenvalue weighted by Crippen LogP contribution is -2.27. The molecule has 2 heterocycles. The summed E-state index contributed by atoms with van der Waals surface area (Å²) in [6, 6.07) is 11.7. The van der Waals surface area contributed by atoms with Crippen molar-refractivity contribution in [3.8, 4) is 5.75 Å². The molecular formula is C22H20BrF2NO4. The molecule has 1 saturated heterocycles. The highest BCUT2D eigenvalue weighted by atomic mass is 79.9. The van der Waals surface area contributed by atoms with Gasteiger partial charge in [-0.2, -0.15) is 0 Å². The summed E-state index contributed by atoms with van der Waals surface area (Å²) in [5.41, 5.74) is 0.397. The van der Waals surface area contributed by atoms with Crippen LogP contribution in [0.4, 0.5) is 8.78 Å². The highest BCUT2D eigenvalue weighted by Crippen LogP contribution is 2.30. The number of ether oxygens (including phenoxy) is 3. The van der Waals surface area contributed by atoms with Crippen molar-refractivity contribution in [2.75, 3.05) is 13.7 Å². The van der Waals surface area contributed by atoms with Crippen LogP contribution in [0, 0.1) is 5.82 Å². The lowest BCUT2D eigenvalue weighted by Gasteiger charge is -2.15. The molecule has 0 amide bonds. The van der Waals surface area contributed by atoms with Crippen LogP contribution >= 0.6 is 15.9 Å². The number of rotatable bonds is 6. The first-order valence-corrected chi connectivity index (χ1v) is 10.3. The second-order valence-electron chi connectivity index (χ2n) is 7.16. The number of benzene rings is 2. The largest absolute Gasteiger partial charge is 0.497 e. The first-order valence-electron chi connectivity index (χ1n) is 9.48. The number of hydrogen-bond donors (Lipinski definition) is 0. The number of methoxy groups -OCH3 is 1. The second kappa shape index (κ2) is 8.83. The molecule has 2 aromatic carbocycles. The maximum absolute atomic E-state index is 14.7. The number of halogens is 3. The molecule has 0 N–H and O–H groups in total. The molecule has 5 nitrogen and oxygen atoms in total. The second-order valence-corrected chi connectivity index (χ2v) is 8.01. The van der Waals surface area contributed by atoms with Crippen LogP contribution in [-0.4, -0.2) is 30.6 Å². The number of alkyl halides is 1. The maximum atomic E-state index is 14.7. The summed E-state index contributed by atoms with van der Waals surface area (Å²) < 4.78 is 46.6. The first kappa shape index (κ1) is 21.0. The van der Waals surface area contributed by atoms with Crippen LogP contribution in [0.3, 0.4) is 0 Å². The van der Waals surface area contributed by atoms with E-state index in [9.17, 15) is 13.6 Å². The monoisotopic (exact) mass is 479 g/mol. The molecule has 0 spiro atoms. The molecule has 0 aliphatic carbocycles. The Morgan fingerprint density at radius 1 is 1.27 bits per heavy atom. The van der Waals surface area contributed by atoms with Crippen LogP contribution in [0.5, 0.6) is 5.75 Å². The van der Waals surface area contributed by atoms with Crippen molar-refractivity contribution in [2.45, 2.75) is 31.5 Å². The standard InChI is InChI=1S/C22H20BrF2NO4/c1-28-16-4-2-13(3-5-16)22-29-12-17(30-22)9-15(24)11-26-7-6-14-8-19(23)20(25)10-18(14)21(26)27/h2-8,10,15,17,22H,9,11-12H2,1H3/t15?,17-,22?/m1/s1. The van der Waals surface area contributed by atoms with E-state index in [0.717, 1.165) is 11.3 Å². The van der Waals surface area contributed by atoms with E-state index < -0.39 is 29.9 Å². The highest BCUT2D eigenvalue weighted by molar-refractivity contribution is 9.10. The third-order valence-electron chi connectivity index (χ3n) is 5.07. The molecule has 1 fully saturated rings. The third kappa shape index (κ3) is 4.40. The molecule has 2 unspecified atom stereocenters. The van der Waals surface area contributed by atoms with Crippen LogP contribution in [0.1, 0.15) is 18.3 Å². The summed E-state index contributed by atoms with van der Waals surface area (Å²) in [4.78, 5) is 12.6. The van der Waals surface area contributed by atoms with Crippen molar-refractivity contribution in [2.24, 2.45) is 0 Å². The normalized spacial score (nSPS) is 19.9. The Morgan fingerprint density at radius 2 is 2.03 bits per heavy atom. The predicted octanol–water partition coefficient (Wildman–Crippen LogP) is 4.75. The Morgan fingerprint density at radius 3 is 2.77 bits per heavy atom. The molecule has 1 aliphatic rings. The van der Waals surface area contributed by atoms with Crippen molar-refractivity contribution < 1.29 is 23.0 Å². The van der Waals surface area contributed by atoms with Crippen LogP contribution in [0.15, 0.2) is 57.9 Å². The van der Waals surface area contributed by atoms with E-state index in [1.165, 1.54) is 22.9 Å². The molecule has 0 saturated carbocycles. The van der Waals surface area contributed by atoms with E-state index in [4.69, 9.17) is 14.2 Å². The summed E-state index contributed by atoms with van der Waals surface area (Å²) in [5, 5.41) is 0.806. The van der Waals surface area contributed by atoms with E-state index in [1.807, 2.05) is 12.1 Å². The summed E-state index contributed by atoms with van der Waals surface area (Å²) in [6.07, 6.45) is -0.683. The van der Waals surface area contributed by atoms with Gasteiger partial charge in [0.15, 0.2) is 6.29 Å². The minimum atomic E-state index is -1.32. The Bertz CT molecular complexity index is 1100. The molecule has 1 aromatic heterocycles. The average Bonchev–Trinajstić information content (AvgIpc) is 3.20. The summed E-state index contributed by atoms with van der Waals surface area (Å²) in [7, 11) is 1.59. The number of pyridine rings is 1. The van der Waals surface area contributed by atoms with E-state index in [2.05, 4.69) is 15.9 Å². The zero-order chi connectivity index (χ0) is 21.3. The summed E-state index contributed by atoms with van der Waals surface area (Å²) >= 11 is 3.10. The molecule has 158 valence electrons. The molecule has 3 aromatic rings. The SMILES string of the molecule is COc1ccc(C2OC[C@@H](CC(F)Cn3ccc4cc(Br)c(F)cc4c3=O)O2)cc1. The minimum Gasteiger partial charge on any atom is -0.497 e. The van der Waals surface area contributed by atoms with Crippen LogP contribution < -0.4 is 10.3 Å². The number of aromatic nitrogens is 1. The number of fused-ring (bicyclic) bond motifs is 1. The fourth-order valence-corrected chi connectivity index (χ4v) is 3.86. The molecule has 8 heteroatoms. The molecule has 4 rings (SSSR count). The Kier molecular flexibility index (Phi) is 6.17. The van der Waals surface area contributed by atoms with Crippen molar-refractivity contribution >= 4 is 26.7 Å². The lowest BCUT2D eigenvalue weighted by molar-refractivity contribution is -0.0641. The van der Waals surface area contributed by atoms with Gasteiger partial charge in [-0.05, 0) is 51.6 Å². The average molecular weight is 480 g/mol. The van der Waals surface area contributed by atoms with Gasteiger partial charge in [0.25, 0.3) is 5.56 Å². The van der Waals surface area contributed by atoms with E-state index in [0.29, 0.717) is 5.39 Å². The van der Waals surface area contributed by atoms with Gasteiger partial charge in [-0.3, -0.25) is 4.79 Å². The van der Waals surface area contributed by atoms with E-state index >= 15 is 0 Å². The topological polar surface area (TPSA) is 49.7 Å². The van der Waals surface area contributed by atoms with Crippen LogP contribution in [0.25, 0.3) is 10.8 Å². The van der Waals surface area contributed by atoms with E-state index in [-0.39, 0.29) is 29.4 Å². The first-order chi connectivity index (χ1) is 14.4. The smallest absolute Gasteiger partial charge is 0.258 e. The molecule has 3 atom stereocenters. The van der Waals surface area contributed by atoms with Gasteiger partial charge in [-0.1, -0.05) is 12.1 Å². The van der Waals surface area contributed by atoms with Gasteiger partial charge in [0.05, 0.1) is 36.2 Å². The quantitative estimate of drug-likeness (QED) is 0.511. The Labute approximate surface area is 180 Å². The van der Waals surface area contributed by atoms with Crippen LogP contribution in [-0.2, 0) is 16.0 Å². The number of nitrogens with zero attached hydrogens (tertiary/aromatic N) is 1. The Balaban J connectivity index is 1.40. The van der Waals surface area contributed by atoms with Gasteiger partial charge in [0.2, 0.25) is 0 Å². The molecule has 1 aliphatic heterocycles. The Hall–Kier alpha value is -2.29. The zero-order valence-electron chi connectivity index (χ0n) is 16.2. The number of hydrogen-bond acceptors (Lipinski definition) is 4. The third-order valence-corrected chi connectivity index (χ3v) is 5.68. The fourth-order valence-electron chi connectivity index (χ4n) is 3.50. The molecule has 0 bridgehead atoms. The zero-order valence-corrected chi connectivity index (χ0v) is 17.8. The fraction of sp³-hybridized carbons (Fsp3) is 0.318. The molecule has 30 heavy (non-hydrogen) atoms. The van der Waals surface area contributed by atoms with Crippen molar-refractivity contribution in [1.82, 2.24) is 4.57 Å². The van der Waals surface area contributed by atoms with Crippen LogP contribution in [0.2, 0.25) is 0 Å². The van der Waals surface area contributed by atoms with Crippen molar-refractivity contribution in [3.05, 3.63) is 74.9 Å². The predicted molar refractivity (Wildman–Crippen MR) is 112 cm³/mol. The van der Waals surface area contributed by atoms with Gasteiger partial charge in [0, 0.05) is 18.2 Å². The lowest BCUT2D eigenvalue weighted by atomic mass is 10.1. The van der Waals surface area contributed by atoms with Gasteiger partial charge in [-0.15, -0.1) is 0 Å². The van der Waals surface area contributed by atoms with Gasteiger partial charge in [0.1, 0.15) is 17.7 Å². The van der Waals surface area contributed by atoms with Gasteiger partial charge < -0.3 is 18.8 Å². The van der Waals surface area contributed by atoms with Gasteiger partial charge in [-0.25, -0.2) is 8.78 Å². The van der Waals surface area contributed by atoms with E-state index in [1.54, 1.807) is 25.3 Å². The van der Waals surface area contributed by atoms with Crippen molar-refractivity contribution in [1.29, 1.82) is 0 Å². The molecule has 0 radical (unpaired) electrons. The molecular weight excluding hydrogens is 460 g/mol. The minimum absolute atomic E-state index is 0.0891. The summed E-state index contributed by atoms with van der Waals surface area (Å²) in [6.45, 7) is 0.127. The highest BCUT2D eigenvalue weighted by Gasteiger charge is 2.29. The maximum Gasteiger partial charge on any atom is 0.258 e. The summed E-state index contributed by atoms with van der Waals surface area (Å²) in [5.74, 6) is 0.195. The van der Waals surface area contributed by atoms with Gasteiger partial charge >= 0.3 is 0 Å².